The van der Waals surface area contributed by atoms with Crippen LogP contribution in [-0.4, -0.2) is 62.7 Å². The van der Waals surface area contributed by atoms with Gasteiger partial charge in [0.1, 0.15) is 0 Å². The molecule has 0 atom stereocenters. The highest BCUT2D eigenvalue weighted by molar-refractivity contribution is 4.84. The van der Waals surface area contributed by atoms with Crippen molar-refractivity contribution in [3.05, 3.63) is 0 Å². The standard InChI is InChI=1S/C11H23NO3/c1-14-8-2-9-15-10-6-12(5-7-13)11-3-4-11/h11,13H,2-10H2,1H3. The number of aliphatic hydroxyl groups is 1. The first kappa shape index (κ1) is 12.9. The summed E-state index contributed by atoms with van der Waals surface area (Å²) in [6.45, 7) is 4.28. The molecule has 1 N–H and O–H groups in total. The third-order valence-corrected chi connectivity index (χ3v) is 2.61. The molecule has 4 nitrogen and oxygen atoms in total. The molecule has 0 aromatic heterocycles. The minimum absolute atomic E-state index is 0.250. The second-order valence-corrected chi connectivity index (χ2v) is 3.95. The third-order valence-electron chi connectivity index (χ3n) is 2.61. The Labute approximate surface area is 92.2 Å². The van der Waals surface area contributed by atoms with Crippen LogP contribution in [0.4, 0.5) is 0 Å². The summed E-state index contributed by atoms with van der Waals surface area (Å²) in [6, 6.07) is 0.708. The SMILES string of the molecule is COCCCOCCN(CCO)C1CC1. The Balaban J connectivity index is 1.92. The van der Waals surface area contributed by atoms with Gasteiger partial charge in [0.15, 0.2) is 0 Å². The van der Waals surface area contributed by atoms with Crippen molar-refractivity contribution in [3.8, 4) is 0 Å². The van der Waals surface area contributed by atoms with E-state index in [2.05, 4.69) is 4.90 Å². The zero-order valence-electron chi connectivity index (χ0n) is 9.65. The minimum atomic E-state index is 0.250. The van der Waals surface area contributed by atoms with E-state index >= 15 is 0 Å². The van der Waals surface area contributed by atoms with Crippen LogP contribution in [-0.2, 0) is 9.47 Å². The van der Waals surface area contributed by atoms with Crippen molar-refractivity contribution in [2.75, 3.05) is 46.6 Å². The monoisotopic (exact) mass is 217 g/mol. The van der Waals surface area contributed by atoms with E-state index in [9.17, 15) is 0 Å². The molecule has 1 saturated carbocycles. The van der Waals surface area contributed by atoms with Gasteiger partial charge in [0, 0.05) is 39.5 Å². The molecule has 0 heterocycles. The van der Waals surface area contributed by atoms with Crippen LogP contribution in [0.1, 0.15) is 19.3 Å². The van der Waals surface area contributed by atoms with Crippen molar-refractivity contribution < 1.29 is 14.6 Å². The van der Waals surface area contributed by atoms with Gasteiger partial charge in [-0.1, -0.05) is 0 Å². The predicted molar refractivity (Wildman–Crippen MR) is 59.0 cm³/mol. The van der Waals surface area contributed by atoms with Gasteiger partial charge in [-0.05, 0) is 19.3 Å². The summed E-state index contributed by atoms with van der Waals surface area (Å²) in [6.07, 6.45) is 3.52. The van der Waals surface area contributed by atoms with E-state index < -0.39 is 0 Å². The smallest absolute Gasteiger partial charge is 0.0593 e. The predicted octanol–water partition coefficient (Wildman–Crippen LogP) is 0.496. The summed E-state index contributed by atoms with van der Waals surface area (Å²) in [5.41, 5.74) is 0. The average Bonchev–Trinajstić information content (AvgIpc) is 3.05. The lowest BCUT2D eigenvalue weighted by atomic mass is 10.4. The van der Waals surface area contributed by atoms with Crippen LogP contribution in [0.5, 0.6) is 0 Å². The highest BCUT2D eigenvalue weighted by Gasteiger charge is 2.27. The molecule has 1 aliphatic rings. The molecule has 90 valence electrons. The number of rotatable bonds is 10. The van der Waals surface area contributed by atoms with E-state index in [4.69, 9.17) is 14.6 Å². The Morgan fingerprint density at radius 1 is 1.20 bits per heavy atom. The van der Waals surface area contributed by atoms with E-state index in [-0.39, 0.29) is 6.61 Å². The third kappa shape index (κ3) is 6.10. The molecule has 0 amide bonds. The summed E-state index contributed by atoms with van der Waals surface area (Å²) < 4.78 is 10.4. The Hall–Kier alpha value is -0.160. The van der Waals surface area contributed by atoms with E-state index in [0.717, 1.165) is 39.3 Å². The fraction of sp³-hybridized carbons (Fsp3) is 1.00. The van der Waals surface area contributed by atoms with Gasteiger partial charge in [-0.25, -0.2) is 0 Å². The highest BCUT2D eigenvalue weighted by atomic mass is 16.5. The van der Waals surface area contributed by atoms with Crippen molar-refractivity contribution in [1.82, 2.24) is 4.90 Å². The van der Waals surface area contributed by atoms with Crippen LogP contribution >= 0.6 is 0 Å². The van der Waals surface area contributed by atoms with Gasteiger partial charge in [0.25, 0.3) is 0 Å². The maximum absolute atomic E-state index is 8.89. The zero-order valence-corrected chi connectivity index (χ0v) is 9.65. The Bertz CT molecular complexity index is 151. The van der Waals surface area contributed by atoms with Crippen molar-refractivity contribution in [2.45, 2.75) is 25.3 Å². The lowest BCUT2D eigenvalue weighted by molar-refractivity contribution is 0.0767. The van der Waals surface area contributed by atoms with E-state index in [1.54, 1.807) is 7.11 Å². The summed E-state index contributed by atoms with van der Waals surface area (Å²) in [5.74, 6) is 0. The number of hydrogen-bond donors (Lipinski definition) is 1. The molecule has 0 aromatic carbocycles. The topological polar surface area (TPSA) is 41.9 Å². The fourth-order valence-electron chi connectivity index (χ4n) is 1.63. The summed E-state index contributed by atoms with van der Waals surface area (Å²) in [5, 5.41) is 8.89. The molecule has 1 rings (SSSR count). The van der Waals surface area contributed by atoms with Gasteiger partial charge < -0.3 is 14.6 Å². The Morgan fingerprint density at radius 2 is 2.00 bits per heavy atom. The maximum Gasteiger partial charge on any atom is 0.0593 e. The first-order chi connectivity index (χ1) is 7.38. The van der Waals surface area contributed by atoms with E-state index in [1.165, 1.54) is 12.8 Å². The van der Waals surface area contributed by atoms with Crippen molar-refractivity contribution in [1.29, 1.82) is 0 Å². The van der Waals surface area contributed by atoms with Crippen LogP contribution in [0.2, 0.25) is 0 Å². The van der Waals surface area contributed by atoms with Crippen molar-refractivity contribution >= 4 is 0 Å². The van der Waals surface area contributed by atoms with E-state index in [1.807, 2.05) is 0 Å². The van der Waals surface area contributed by atoms with Crippen LogP contribution in [0.3, 0.4) is 0 Å². The minimum Gasteiger partial charge on any atom is -0.395 e. The van der Waals surface area contributed by atoms with Crippen molar-refractivity contribution in [2.24, 2.45) is 0 Å². The summed E-state index contributed by atoms with van der Waals surface area (Å²) >= 11 is 0. The van der Waals surface area contributed by atoms with Crippen LogP contribution in [0, 0.1) is 0 Å². The molecule has 15 heavy (non-hydrogen) atoms. The number of ether oxygens (including phenoxy) is 2. The van der Waals surface area contributed by atoms with Crippen LogP contribution < -0.4 is 0 Å². The largest absolute Gasteiger partial charge is 0.395 e. The molecular formula is C11H23NO3. The average molecular weight is 217 g/mol. The molecule has 0 bridgehead atoms. The van der Waals surface area contributed by atoms with Crippen LogP contribution in [0.25, 0.3) is 0 Å². The molecule has 0 radical (unpaired) electrons. The first-order valence-corrected chi connectivity index (χ1v) is 5.80. The number of aliphatic hydroxyl groups excluding tert-OH is 1. The number of nitrogens with zero attached hydrogens (tertiary/aromatic N) is 1. The molecule has 4 heteroatoms. The Kier molecular flexibility index (Phi) is 6.92. The first-order valence-electron chi connectivity index (χ1n) is 5.80. The van der Waals surface area contributed by atoms with Gasteiger partial charge >= 0.3 is 0 Å². The quantitative estimate of drug-likeness (QED) is 0.541. The Morgan fingerprint density at radius 3 is 2.60 bits per heavy atom. The molecule has 0 spiro atoms. The zero-order chi connectivity index (χ0) is 10.9. The molecule has 0 unspecified atom stereocenters. The molecule has 1 aliphatic carbocycles. The van der Waals surface area contributed by atoms with Crippen molar-refractivity contribution in [3.63, 3.8) is 0 Å². The lowest BCUT2D eigenvalue weighted by Gasteiger charge is -2.20. The summed E-state index contributed by atoms with van der Waals surface area (Å²) in [7, 11) is 1.70. The highest BCUT2D eigenvalue weighted by Crippen LogP contribution is 2.25. The molecule has 1 fully saturated rings. The van der Waals surface area contributed by atoms with Gasteiger partial charge in [0.05, 0.1) is 13.2 Å². The second-order valence-electron chi connectivity index (χ2n) is 3.95. The second kappa shape index (κ2) is 8.05. The molecule has 0 aliphatic heterocycles. The summed E-state index contributed by atoms with van der Waals surface area (Å²) in [4.78, 5) is 2.32. The van der Waals surface area contributed by atoms with Gasteiger partial charge in [-0.3, -0.25) is 4.90 Å². The molecule has 0 saturated heterocycles. The lowest BCUT2D eigenvalue weighted by Crippen LogP contribution is -2.32. The van der Waals surface area contributed by atoms with E-state index in [0.29, 0.717) is 6.04 Å². The number of methoxy groups -OCH3 is 1. The maximum atomic E-state index is 8.89. The van der Waals surface area contributed by atoms with Gasteiger partial charge in [-0.15, -0.1) is 0 Å². The fourth-order valence-corrected chi connectivity index (χ4v) is 1.63. The molecule has 0 aromatic rings. The normalized spacial score (nSPS) is 16.2. The van der Waals surface area contributed by atoms with Crippen LogP contribution in [0.15, 0.2) is 0 Å². The van der Waals surface area contributed by atoms with Gasteiger partial charge in [-0.2, -0.15) is 0 Å². The number of hydrogen-bond acceptors (Lipinski definition) is 4. The van der Waals surface area contributed by atoms with Gasteiger partial charge in [0.2, 0.25) is 0 Å². The molecular weight excluding hydrogens is 194 g/mol.